The molecule has 1 aromatic heterocycles. The van der Waals surface area contributed by atoms with Crippen molar-refractivity contribution in [2.45, 2.75) is 26.4 Å². The first-order chi connectivity index (χ1) is 9.42. The van der Waals surface area contributed by atoms with Crippen LogP contribution in [-0.2, 0) is 11.2 Å². The second-order valence-electron chi connectivity index (χ2n) is 4.30. The maximum absolute atomic E-state index is 11.4. The highest BCUT2D eigenvalue weighted by Gasteiger charge is 2.13. The van der Waals surface area contributed by atoms with Gasteiger partial charge < -0.3 is 19.1 Å². The predicted molar refractivity (Wildman–Crippen MR) is 72.0 cm³/mol. The molecular weight excluding hydrogens is 284 g/mol. The summed E-state index contributed by atoms with van der Waals surface area (Å²) in [7, 11) is 0. The maximum Gasteiger partial charge on any atom is 0.336 e. The third-order valence-electron chi connectivity index (χ3n) is 2.90. The smallest absolute Gasteiger partial charge is 0.336 e. The Morgan fingerprint density at radius 1 is 1.45 bits per heavy atom. The van der Waals surface area contributed by atoms with Crippen LogP contribution in [0, 0.1) is 0 Å². The van der Waals surface area contributed by atoms with Crippen LogP contribution >= 0.6 is 11.6 Å². The highest BCUT2D eigenvalue weighted by atomic mass is 35.5. The summed E-state index contributed by atoms with van der Waals surface area (Å²) in [4.78, 5) is 22.1. The Hall–Kier alpha value is -2.01. The molecule has 0 spiro atoms. The molecule has 0 aliphatic rings. The minimum atomic E-state index is -1.36. The second-order valence-corrected chi connectivity index (χ2v) is 4.71. The van der Waals surface area contributed by atoms with E-state index in [9.17, 15) is 14.7 Å². The normalized spacial score (nSPS) is 12.3. The van der Waals surface area contributed by atoms with Crippen molar-refractivity contribution in [2.24, 2.45) is 0 Å². The molecule has 0 saturated heterocycles. The van der Waals surface area contributed by atoms with Gasteiger partial charge in [-0.15, -0.1) is 0 Å². The molecule has 6 heteroatoms. The summed E-state index contributed by atoms with van der Waals surface area (Å²) in [5, 5.41) is 11.6. The third kappa shape index (κ3) is 2.77. The molecule has 2 aromatic rings. The Labute approximate surface area is 119 Å². The SMILES string of the molecule is CCc1cc(=O)oc2cc(O[C@@H](C)C(=O)[O-])c(Cl)cc12. The molecule has 0 saturated carbocycles. The van der Waals surface area contributed by atoms with Gasteiger partial charge in [0.25, 0.3) is 0 Å². The number of hydrogen-bond donors (Lipinski definition) is 0. The molecule has 0 N–H and O–H groups in total. The first-order valence-electron chi connectivity index (χ1n) is 6.06. The Kier molecular flexibility index (Phi) is 3.99. The van der Waals surface area contributed by atoms with Crippen LogP contribution in [0.25, 0.3) is 11.0 Å². The number of aliphatic carboxylic acids is 1. The topological polar surface area (TPSA) is 79.6 Å². The van der Waals surface area contributed by atoms with Crippen LogP contribution < -0.4 is 15.5 Å². The van der Waals surface area contributed by atoms with Gasteiger partial charge in [-0.2, -0.15) is 0 Å². The maximum atomic E-state index is 11.4. The van der Waals surface area contributed by atoms with E-state index in [0.29, 0.717) is 17.4 Å². The largest absolute Gasteiger partial charge is 0.546 e. The monoisotopic (exact) mass is 295 g/mol. The molecule has 0 radical (unpaired) electrons. The van der Waals surface area contributed by atoms with E-state index in [1.807, 2.05) is 6.92 Å². The van der Waals surface area contributed by atoms with Crippen molar-refractivity contribution in [3.63, 3.8) is 0 Å². The molecule has 1 atom stereocenters. The number of hydrogen-bond acceptors (Lipinski definition) is 5. The number of carbonyl (C=O) groups is 1. The molecule has 1 heterocycles. The fourth-order valence-corrected chi connectivity index (χ4v) is 2.06. The molecular formula is C14H12ClO5-. The van der Waals surface area contributed by atoms with Gasteiger partial charge in [-0.05, 0) is 25.0 Å². The molecule has 1 aromatic carbocycles. The fourth-order valence-electron chi connectivity index (χ4n) is 1.85. The zero-order chi connectivity index (χ0) is 14.9. The van der Waals surface area contributed by atoms with Gasteiger partial charge in [-0.3, -0.25) is 0 Å². The summed E-state index contributed by atoms with van der Waals surface area (Å²) in [5.74, 6) is -1.22. The number of benzene rings is 1. The first-order valence-corrected chi connectivity index (χ1v) is 6.44. The molecule has 0 bridgehead atoms. The van der Waals surface area contributed by atoms with Crippen LogP contribution in [0.15, 0.2) is 27.4 Å². The summed E-state index contributed by atoms with van der Waals surface area (Å²) in [6.07, 6.45) is -0.514. The summed E-state index contributed by atoms with van der Waals surface area (Å²) in [6.45, 7) is 3.24. The molecule has 2 rings (SSSR count). The van der Waals surface area contributed by atoms with Crippen LogP contribution in [-0.4, -0.2) is 12.1 Å². The van der Waals surface area contributed by atoms with Crippen molar-refractivity contribution in [3.05, 3.63) is 39.2 Å². The van der Waals surface area contributed by atoms with Gasteiger partial charge in [0.05, 0.1) is 11.0 Å². The second kappa shape index (κ2) is 5.54. The molecule has 20 heavy (non-hydrogen) atoms. The number of carboxylic acid groups (broad SMARTS) is 1. The first kappa shape index (κ1) is 14.4. The standard InChI is InChI=1S/C14H13ClO5/c1-3-8-4-13(16)20-11-6-12(10(15)5-9(8)11)19-7(2)14(17)18/h4-7H,3H2,1-2H3,(H,17,18)/p-1/t7-/m0/s1. The van der Waals surface area contributed by atoms with E-state index < -0.39 is 17.7 Å². The number of carbonyl (C=O) groups excluding carboxylic acids is 1. The lowest BCUT2D eigenvalue weighted by molar-refractivity contribution is -0.312. The van der Waals surface area contributed by atoms with E-state index in [1.165, 1.54) is 19.1 Å². The van der Waals surface area contributed by atoms with Crippen molar-refractivity contribution >= 4 is 28.5 Å². The fraction of sp³-hybridized carbons (Fsp3) is 0.286. The molecule has 106 valence electrons. The predicted octanol–water partition coefficient (Wildman–Crippen LogP) is 1.53. The van der Waals surface area contributed by atoms with E-state index in [4.69, 9.17) is 20.8 Å². The molecule has 0 fully saturated rings. The highest BCUT2D eigenvalue weighted by Crippen LogP contribution is 2.31. The molecule has 5 nitrogen and oxygen atoms in total. The number of carboxylic acids is 1. The minimum absolute atomic E-state index is 0.132. The average Bonchev–Trinajstić information content (AvgIpc) is 2.39. The molecule has 0 aliphatic heterocycles. The van der Waals surface area contributed by atoms with E-state index in [-0.39, 0.29) is 10.8 Å². The molecule has 0 unspecified atom stereocenters. The average molecular weight is 296 g/mol. The van der Waals surface area contributed by atoms with Gasteiger partial charge in [-0.1, -0.05) is 18.5 Å². The molecule has 0 amide bonds. The number of aryl methyl sites for hydroxylation is 1. The van der Waals surface area contributed by atoms with Crippen molar-refractivity contribution < 1.29 is 19.1 Å². The summed E-state index contributed by atoms with van der Waals surface area (Å²) >= 11 is 6.06. The zero-order valence-corrected chi connectivity index (χ0v) is 11.7. The lowest BCUT2D eigenvalue weighted by Crippen LogP contribution is -2.37. The Bertz CT molecular complexity index is 719. The van der Waals surface area contributed by atoms with Gasteiger partial charge in [-0.25, -0.2) is 4.79 Å². The van der Waals surface area contributed by atoms with E-state index in [1.54, 1.807) is 6.07 Å². The van der Waals surface area contributed by atoms with Crippen molar-refractivity contribution in [3.8, 4) is 5.75 Å². The minimum Gasteiger partial charge on any atom is -0.546 e. The number of ether oxygens (including phenoxy) is 1. The van der Waals surface area contributed by atoms with Crippen LogP contribution in [0.1, 0.15) is 19.4 Å². The van der Waals surface area contributed by atoms with Crippen molar-refractivity contribution in [2.75, 3.05) is 0 Å². The van der Waals surface area contributed by atoms with Crippen LogP contribution in [0.5, 0.6) is 5.75 Å². The summed E-state index contributed by atoms with van der Waals surface area (Å²) in [6, 6.07) is 4.41. The quantitative estimate of drug-likeness (QED) is 0.799. The Morgan fingerprint density at radius 2 is 2.15 bits per heavy atom. The van der Waals surface area contributed by atoms with E-state index in [2.05, 4.69) is 0 Å². The van der Waals surface area contributed by atoms with Gasteiger partial charge in [0.15, 0.2) is 0 Å². The summed E-state index contributed by atoms with van der Waals surface area (Å²) < 4.78 is 10.3. The van der Waals surface area contributed by atoms with Crippen molar-refractivity contribution in [1.82, 2.24) is 0 Å². The highest BCUT2D eigenvalue weighted by molar-refractivity contribution is 6.32. The van der Waals surface area contributed by atoms with Crippen LogP contribution in [0.4, 0.5) is 0 Å². The number of fused-ring (bicyclic) bond motifs is 1. The van der Waals surface area contributed by atoms with E-state index >= 15 is 0 Å². The van der Waals surface area contributed by atoms with Gasteiger partial charge in [0.2, 0.25) is 0 Å². The third-order valence-corrected chi connectivity index (χ3v) is 3.19. The van der Waals surface area contributed by atoms with Crippen LogP contribution in [0.2, 0.25) is 5.02 Å². The molecule has 0 aliphatic carbocycles. The lowest BCUT2D eigenvalue weighted by atomic mass is 10.1. The lowest BCUT2D eigenvalue weighted by Gasteiger charge is -2.16. The van der Waals surface area contributed by atoms with Gasteiger partial charge in [0, 0.05) is 17.5 Å². The summed E-state index contributed by atoms with van der Waals surface area (Å²) in [5.41, 5.74) is 0.632. The Balaban J connectivity index is 2.57. The van der Waals surface area contributed by atoms with Gasteiger partial charge >= 0.3 is 5.63 Å². The number of halogens is 1. The Morgan fingerprint density at radius 3 is 2.75 bits per heavy atom. The van der Waals surface area contributed by atoms with Crippen LogP contribution in [0.3, 0.4) is 0 Å². The van der Waals surface area contributed by atoms with Gasteiger partial charge in [0.1, 0.15) is 17.4 Å². The van der Waals surface area contributed by atoms with E-state index in [0.717, 1.165) is 5.56 Å². The number of rotatable bonds is 4. The zero-order valence-electron chi connectivity index (χ0n) is 10.9. The van der Waals surface area contributed by atoms with Crippen molar-refractivity contribution in [1.29, 1.82) is 0 Å².